The number of fused-ring (bicyclic) bond motifs is 1. The molecule has 2 aliphatic rings. The Bertz CT molecular complexity index is 1640. The molecule has 1 fully saturated rings. The largest absolute Gasteiger partial charge is 0.423 e. The Balaban J connectivity index is 1.39. The maximum atomic E-state index is 13.7. The number of nitrogens with zero attached hydrogens (tertiary/aromatic N) is 2. The summed E-state index contributed by atoms with van der Waals surface area (Å²) in [5.41, 5.74) is 1.48. The van der Waals surface area contributed by atoms with Gasteiger partial charge in [0.15, 0.2) is 5.78 Å². The standard InChI is InChI=1S/C31H23BrCl2N2O6/c1-17-2-12-23-25(14-17)30(40)36(29(23)39)35(28(38)24-13-9-21(33)15-26(24)34)16-27(37)18-5-10-22(11-6-18)42-31(41)19-3-7-20(32)8-4-19/h2-11,13,15,23,25H,12,14,16H2,1H3/t23-,25+/m1/s1. The highest BCUT2D eigenvalue weighted by Crippen LogP contribution is 2.39. The second-order valence-corrected chi connectivity index (χ2v) is 11.8. The summed E-state index contributed by atoms with van der Waals surface area (Å²) in [5.74, 6) is -4.04. The first-order chi connectivity index (χ1) is 20.0. The van der Waals surface area contributed by atoms with E-state index in [0.717, 1.165) is 20.1 Å². The number of halogens is 3. The lowest BCUT2D eigenvalue weighted by molar-refractivity contribution is -0.154. The first kappa shape index (κ1) is 29.7. The average Bonchev–Trinajstić information content (AvgIpc) is 3.20. The van der Waals surface area contributed by atoms with Crippen LogP contribution in [0.2, 0.25) is 10.0 Å². The molecule has 0 spiro atoms. The van der Waals surface area contributed by atoms with E-state index in [1.807, 2.05) is 13.0 Å². The van der Waals surface area contributed by atoms with E-state index in [1.54, 1.807) is 24.3 Å². The summed E-state index contributed by atoms with van der Waals surface area (Å²) >= 11 is 15.6. The molecule has 3 amide bonds. The molecule has 5 rings (SSSR count). The molecule has 0 unspecified atom stereocenters. The van der Waals surface area contributed by atoms with E-state index < -0.39 is 47.9 Å². The highest BCUT2D eigenvalue weighted by atomic mass is 79.9. The number of ether oxygens (including phenoxy) is 1. The van der Waals surface area contributed by atoms with Crippen LogP contribution in [0.15, 0.2) is 82.9 Å². The van der Waals surface area contributed by atoms with Crippen LogP contribution in [0, 0.1) is 11.8 Å². The van der Waals surface area contributed by atoms with E-state index >= 15 is 0 Å². The van der Waals surface area contributed by atoms with Gasteiger partial charge in [-0.05, 0) is 86.5 Å². The minimum Gasteiger partial charge on any atom is -0.423 e. The van der Waals surface area contributed by atoms with E-state index in [4.69, 9.17) is 27.9 Å². The van der Waals surface area contributed by atoms with Crippen molar-refractivity contribution < 1.29 is 28.7 Å². The molecule has 1 aliphatic carbocycles. The average molecular weight is 670 g/mol. The lowest BCUT2D eigenvalue weighted by Crippen LogP contribution is -2.52. The molecule has 0 N–H and O–H groups in total. The second-order valence-electron chi connectivity index (χ2n) is 10.0. The third-order valence-electron chi connectivity index (χ3n) is 7.20. The van der Waals surface area contributed by atoms with Crippen LogP contribution >= 0.6 is 39.1 Å². The van der Waals surface area contributed by atoms with Gasteiger partial charge in [0.1, 0.15) is 12.3 Å². The van der Waals surface area contributed by atoms with Crippen molar-refractivity contribution in [2.24, 2.45) is 11.8 Å². The van der Waals surface area contributed by atoms with Gasteiger partial charge in [-0.15, -0.1) is 0 Å². The van der Waals surface area contributed by atoms with Gasteiger partial charge in [0.05, 0.1) is 28.0 Å². The van der Waals surface area contributed by atoms with Crippen LogP contribution in [0.1, 0.15) is 50.8 Å². The number of hydrogen-bond donors (Lipinski definition) is 0. The van der Waals surface area contributed by atoms with Crippen LogP contribution in [0.4, 0.5) is 0 Å². The van der Waals surface area contributed by atoms with Crippen molar-refractivity contribution in [3.63, 3.8) is 0 Å². The summed E-state index contributed by atoms with van der Waals surface area (Å²) in [4.78, 5) is 66.5. The summed E-state index contributed by atoms with van der Waals surface area (Å²) in [6, 6.07) is 16.6. The number of allylic oxidation sites excluding steroid dienone is 2. The van der Waals surface area contributed by atoms with Crippen LogP contribution in [0.3, 0.4) is 0 Å². The molecule has 1 aliphatic heterocycles. The third kappa shape index (κ3) is 6.04. The Morgan fingerprint density at radius 3 is 2.24 bits per heavy atom. The van der Waals surface area contributed by atoms with Gasteiger partial charge in [-0.1, -0.05) is 50.8 Å². The molecular formula is C31H23BrCl2N2O6. The molecule has 11 heteroatoms. The van der Waals surface area contributed by atoms with Crippen LogP contribution in [0.5, 0.6) is 5.75 Å². The summed E-state index contributed by atoms with van der Waals surface area (Å²) in [7, 11) is 0. The number of esters is 1. The van der Waals surface area contributed by atoms with Crippen molar-refractivity contribution in [1.29, 1.82) is 0 Å². The van der Waals surface area contributed by atoms with Gasteiger partial charge in [-0.3, -0.25) is 19.2 Å². The first-order valence-electron chi connectivity index (χ1n) is 12.9. The van der Waals surface area contributed by atoms with Crippen molar-refractivity contribution in [2.45, 2.75) is 19.8 Å². The molecular weight excluding hydrogens is 647 g/mol. The van der Waals surface area contributed by atoms with E-state index in [2.05, 4.69) is 15.9 Å². The smallest absolute Gasteiger partial charge is 0.343 e. The number of Topliss-reactive ketones (excluding diaryl/α,β-unsaturated/α-hetero) is 1. The minimum atomic E-state index is -0.796. The Hall–Kier alpha value is -3.79. The molecule has 8 nitrogen and oxygen atoms in total. The Morgan fingerprint density at radius 1 is 0.929 bits per heavy atom. The molecule has 42 heavy (non-hydrogen) atoms. The molecule has 1 heterocycles. The minimum absolute atomic E-state index is 0.0101. The molecule has 0 radical (unpaired) electrons. The monoisotopic (exact) mass is 668 g/mol. The Morgan fingerprint density at radius 2 is 1.57 bits per heavy atom. The maximum Gasteiger partial charge on any atom is 0.343 e. The number of hydrogen-bond acceptors (Lipinski definition) is 6. The molecule has 3 aromatic carbocycles. The Labute approximate surface area is 259 Å². The quantitative estimate of drug-likeness (QED) is 0.0929. The van der Waals surface area contributed by atoms with Crippen LogP contribution in [-0.4, -0.2) is 46.0 Å². The van der Waals surface area contributed by atoms with Gasteiger partial charge >= 0.3 is 5.97 Å². The zero-order valence-electron chi connectivity index (χ0n) is 22.2. The van der Waals surface area contributed by atoms with Crippen molar-refractivity contribution >= 4 is 68.6 Å². The number of benzene rings is 3. The number of carbonyl (C=O) groups is 5. The SMILES string of the molecule is CC1=CC[C@H]2C(=O)N(N(CC(=O)c3ccc(OC(=O)c4ccc(Br)cc4)cc3)C(=O)c3ccc(Cl)cc3Cl)C(=O)[C@H]2C1. The summed E-state index contributed by atoms with van der Waals surface area (Å²) in [6.07, 6.45) is 2.67. The zero-order chi connectivity index (χ0) is 30.1. The van der Waals surface area contributed by atoms with Gasteiger partial charge in [0, 0.05) is 15.1 Å². The number of rotatable bonds is 7. The van der Waals surface area contributed by atoms with Crippen LogP contribution < -0.4 is 4.74 Å². The third-order valence-corrected chi connectivity index (χ3v) is 8.27. The number of carbonyl (C=O) groups excluding carboxylic acids is 5. The lowest BCUT2D eigenvalue weighted by Gasteiger charge is -2.30. The highest BCUT2D eigenvalue weighted by molar-refractivity contribution is 9.10. The van der Waals surface area contributed by atoms with Gasteiger partial charge in [-0.2, -0.15) is 5.01 Å². The molecule has 0 saturated carbocycles. The van der Waals surface area contributed by atoms with E-state index in [-0.39, 0.29) is 21.9 Å². The fraction of sp³-hybridized carbons (Fsp3) is 0.194. The van der Waals surface area contributed by atoms with Crippen molar-refractivity contribution in [1.82, 2.24) is 10.0 Å². The van der Waals surface area contributed by atoms with Crippen molar-refractivity contribution in [3.05, 3.63) is 110 Å². The van der Waals surface area contributed by atoms with Gasteiger partial charge in [0.25, 0.3) is 17.7 Å². The normalized spacial score (nSPS) is 17.9. The first-order valence-corrected chi connectivity index (χ1v) is 14.5. The number of ketones is 1. The maximum absolute atomic E-state index is 13.7. The van der Waals surface area contributed by atoms with Gasteiger partial charge in [0.2, 0.25) is 0 Å². The molecule has 0 aromatic heterocycles. The van der Waals surface area contributed by atoms with E-state index in [0.29, 0.717) is 23.4 Å². The number of imide groups is 1. The van der Waals surface area contributed by atoms with E-state index in [1.165, 1.54) is 42.5 Å². The second kappa shape index (κ2) is 12.2. The predicted octanol–water partition coefficient (Wildman–Crippen LogP) is 6.56. The zero-order valence-corrected chi connectivity index (χ0v) is 25.3. The van der Waals surface area contributed by atoms with E-state index in [9.17, 15) is 24.0 Å². The fourth-order valence-electron chi connectivity index (χ4n) is 4.98. The number of hydrazine groups is 1. The molecule has 0 bridgehead atoms. The number of amides is 3. The van der Waals surface area contributed by atoms with Crippen molar-refractivity contribution in [3.8, 4) is 5.75 Å². The topological polar surface area (TPSA) is 101 Å². The fourth-order valence-corrected chi connectivity index (χ4v) is 5.73. The van der Waals surface area contributed by atoms with Crippen molar-refractivity contribution in [2.75, 3.05) is 6.54 Å². The summed E-state index contributed by atoms with van der Waals surface area (Å²) in [6.45, 7) is 1.27. The predicted molar refractivity (Wildman–Crippen MR) is 159 cm³/mol. The summed E-state index contributed by atoms with van der Waals surface area (Å²) < 4.78 is 6.20. The Kier molecular flexibility index (Phi) is 8.63. The highest BCUT2D eigenvalue weighted by Gasteiger charge is 2.52. The van der Waals surface area contributed by atoms with Crippen LogP contribution in [-0.2, 0) is 9.59 Å². The molecule has 214 valence electrons. The van der Waals surface area contributed by atoms with Gasteiger partial charge in [-0.25, -0.2) is 9.80 Å². The lowest BCUT2D eigenvalue weighted by atomic mass is 9.82. The molecule has 3 aromatic rings. The van der Waals surface area contributed by atoms with Gasteiger partial charge < -0.3 is 4.74 Å². The molecule has 1 saturated heterocycles. The molecule has 2 atom stereocenters. The summed E-state index contributed by atoms with van der Waals surface area (Å²) in [5, 5.41) is 1.95. The van der Waals surface area contributed by atoms with Crippen LogP contribution in [0.25, 0.3) is 0 Å².